The molecule has 0 bridgehead atoms. The average molecular weight is 309 g/mol. The number of rotatable bonds is 5. The molecule has 0 saturated carbocycles. The average Bonchev–Trinajstić information content (AvgIpc) is 3.00. The summed E-state index contributed by atoms with van der Waals surface area (Å²) in [5, 5.41) is 14.2. The smallest absolute Gasteiger partial charge is 0.339 e. The van der Waals surface area contributed by atoms with Crippen LogP contribution in [-0.2, 0) is 13.1 Å². The van der Waals surface area contributed by atoms with Gasteiger partial charge in [0.05, 0.1) is 24.3 Å². The number of aromatic nitrogens is 1. The first kappa shape index (κ1) is 15.0. The number of nitrogens with zero attached hydrogens (tertiary/aromatic N) is 1. The molecule has 0 aliphatic carbocycles. The van der Waals surface area contributed by atoms with E-state index in [1.165, 1.54) is 17.4 Å². The lowest BCUT2D eigenvalue weighted by Crippen LogP contribution is -2.34. The SMILES string of the molecule is Cc1ncsc1CNC(=O)NCc1cc(C(=O)O)c(C)o1. The summed E-state index contributed by atoms with van der Waals surface area (Å²) in [6.45, 7) is 3.98. The van der Waals surface area contributed by atoms with Crippen LogP contribution in [0.3, 0.4) is 0 Å². The molecule has 0 aromatic carbocycles. The Morgan fingerprint density at radius 1 is 1.33 bits per heavy atom. The Morgan fingerprint density at radius 3 is 2.62 bits per heavy atom. The topological polar surface area (TPSA) is 104 Å². The lowest BCUT2D eigenvalue weighted by molar-refractivity contribution is 0.0695. The van der Waals surface area contributed by atoms with Crippen molar-refractivity contribution in [1.82, 2.24) is 15.6 Å². The number of aromatic carboxylic acids is 1. The standard InChI is InChI=1S/C13H15N3O4S/c1-7-11(21-6-16-7)5-15-13(19)14-4-9-3-10(12(17)18)8(2)20-9/h3,6H,4-5H2,1-2H3,(H,17,18)(H2,14,15,19). The quantitative estimate of drug-likeness (QED) is 0.784. The predicted octanol–water partition coefficient (Wildman–Crippen LogP) is 2.05. The third kappa shape index (κ3) is 3.82. The van der Waals surface area contributed by atoms with Crippen LogP contribution in [0.2, 0.25) is 0 Å². The molecule has 0 atom stereocenters. The molecule has 0 saturated heterocycles. The van der Waals surface area contributed by atoms with Crippen molar-refractivity contribution < 1.29 is 19.1 Å². The molecular formula is C13H15N3O4S. The monoisotopic (exact) mass is 309 g/mol. The largest absolute Gasteiger partial charge is 0.478 e. The van der Waals surface area contributed by atoms with Gasteiger partial charge in [0.15, 0.2) is 0 Å². The first-order valence-electron chi connectivity index (χ1n) is 6.20. The van der Waals surface area contributed by atoms with Crippen LogP contribution in [0.5, 0.6) is 0 Å². The number of nitrogens with one attached hydrogen (secondary N) is 2. The van der Waals surface area contributed by atoms with Crippen LogP contribution in [0.25, 0.3) is 0 Å². The molecule has 2 aromatic rings. The molecule has 112 valence electrons. The summed E-state index contributed by atoms with van der Waals surface area (Å²) in [5.74, 6) is -0.332. The lowest BCUT2D eigenvalue weighted by atomic mass is 10.2. The molecule has 7 nitrogen and oxygen atoms in total. The minimum atomic E-state index is -1.05. The van der Waals surface area contributed by atoms with Crippen LogP contribution in [0.15, 0.2) is 16.0 Å². The second kappa shape index (κ2) is 6.40. The van der Waals surface area contributed by atoms with E-state index >= 15 is 0 Å². The fourth-order valence-electron chi connectivity index (χ4n) is 1.73. The lowest BCUT2D eigenvalue weighted by Gasteiger charge is -2.05. The Kier molecular flexibility index (Phi) is 4.59. The summed E-state index contributed by atoms with van der Waals surface area (Å²) in [5.41, 5.74) is 2.73. The van der Waals surface area contributed by atoms with Crippen molar-refractivity contribution in [3.8, 4) is 0 Å². The van der Waals surface area contributed by atoms with Crippen LogP contribution < -0.4 is 10.6 Å². The fraction of sp³-hybridized carbons (Fsp3) is 0.308. The van der Waals surface area contributed by atoms with Gasteiger partial charge in [-0.1, -0.05) is 0 Å². The van der Waals surface area contributed by atoms with Gasteiger partial charge < -0.3 is 20.2 Å². The molecular weight excluding hydrogens is 294 g/mol. The van der Waals surface area contributed by atoms with Crippen LogP contribution in [0.4, 0.5) is 4.79 Å². The number of carbonyl (C=O) groups excluding carboxylic acids is 1. The molecule has 0 unspecified atom stereocenters. The van der Waals surface area contributed by atoms with Gasteiger partial charge in [0, 0.05) is 4.88 Å². The molecule has 0 spiro atoms. The number of aryl methyl sites for hydroxylation is 2. The van der Waals surface area contributed by atoms with Gasteiger partial charge in [-0.3, -0.25) is 0 Å². The van der Waals surface area contributed by atoms with Crippen molar-refractivity contribution in [1.29, 1.82) is 0 Å². The normalized spacial score (nSPS) is 10.4. The van der Waals surface area contributed by atoms with Gasteiger partial charge in [-0.25, -0.2) is 14.6 Å². The molecule has 3 N–H and O–H groups in total. The van der Waals surface area contributed by atoms with E-state index < -0.39 is 5.97 Å². The summed E-state index contributed by atoms with van der Waals surface area (Å²) < 4.78 is 5.26. The maximum atomic E-state index is 11.7. The predicted molar refractivity (Wildman–Crippen MR) is 76.3 cm³/mol. The Bertz CT molecular complexity index is 662. The molecule has 2 aromatic heterocycles. The Balaban J connectivity index is 1.82. The van der Waals surface area contributed by atoms with E-state index in [4.69, 9.17) is 9.52 Å². The molecule has 2 amide bonds. The second-order valence-electron chi connectivity index (χ2n) is 4.38. The third-order valence-electron chi connectivity index (χ3n) is 2.88. The third-order valence-corrected chi connectivity index (χ3v) is 3.81. The fourth-order valence-corrected chi connectivity index (χ4v) is 2.45. The molecule has 21 heavy (non-hydrogen) atoms. The van der Waals surface area contributed by atoms with Crippen molar-refractivity contribution in [3.05, 3.63) is 39.2 Å². The van der Waals surface area contributed by atoms with Crippen molar-refractivity contribution >= 4 is 23.3 Å². The second-order valence-corrected chi connectivity index (χ2v) is 5.32. The summed E-state index contributed by atoms with van der Waals surface area (Å²) in [6.07, 6.45) is 0. The Hall–Kier alpha value is -2.35. The van der Waals surface area contributed by atoms with Crippen LogP contribution in [-0.4, -0.2) is 22.1 Å². The van der Waals surface area contributed by atoms with E-state index in [0.717, 1.165) is 10.6 Å². The number of furan rings is 1. The number of urea groups is 1. The molecule has 0 fully saturated rings. The maximum Gasteiger partial charge on any atom is 0.339 e. The summed E-state index contributed by atoms with van der Waals surface area (Å²) in [7, 11) is 0. The highest BCUT2D eigenvalue weighted by molar-refractivity contribution is 7.09. The van der Waals surface area contributed by atoms with E-state index in [1.54, 1.807) is 12.4 Å². The zero-order valence-corrected chi connectivity index (χ0v) is 12.4. The molecule has 0 aliphatic rings. The summed E-state index contributed by atoms with van der Waals surface area (Å²) in [4.78, 5) is 27.6. The van der Waals surface area contributed by atoms with Crippen LogP contribution >= 0.6 is 11.3 Å². The van der Waals surface area contributed by atoms with Gasteiger partial charge in [0.2, 0.25) is 0 Å². The number of carboxylic acid groups (broad SMARTS) is 1. The highest BCUT2D eigenvalue weighted by Gasteiger charge is 2.14. The first-order chi connectivity index (χ1) is 9.97. The van der Waals surface area contributed by atoms with Crippen molar-refractivity contribution in [2.24, 2.45) is 0 Å². The highest BCUT2D eigenvalue weighted by atomic mass is 32.1. The maximum absolute atomic E-state index is 11.7. The van der Waals surface area contributed by atoms with Crippen molar-refractivity contribution in [2.45, 2.75) is 26.9 Å². The van der Waals surface area contributed by atoms with Gasteiger partial charge in [-0.05, 0) is 19.9 Å². The summed E-state index contributed by atoms with van der Waals surface area (Å²) in [6, 6.07) is 1.05. The Labute approximate surface area is 125 Å². The zero-order valence-electron chi connectivity index (χ0n) is 11.6. The minimum absolute atomic E-state index is 0.104. The van der Waals surface area contributed by atoms with E-state index in [-0.39, 0.29) is 18.1 Å². The van der Waals surface area contributed by atoms with E-state index in [2.05, 4.69) is 15.6 Å². The number of carboxylic acids is 1. The first-order valence-corrected chi connectivity index (χ1v) is 7.08. The minimum Gasteiger partial charge on any atom is -0.478 e. The molecule has 2 heterocycles. The number of hydrogen-bond donors (Lipinski definition) is 3. The molecule has 0 aliphatic heterocycles. The Morgan fingerprint density at radius 2 is 2.05 bits per heavy atom. The molecule has 8 heteroatoms. The number of hydrogen-bond acceptors (Lipinski definition) is 5. The molecule has 0 radical (unpaired) electrons. The van der Waals surface area contributed by atoms with Gasteiger partial charge in [0.1, 0.15) is 17.1 Å². The molecule has 2 rings (SSSR count). The zero-order chi connectivity index (χ0) is 15.4. The number of thiazole rings is 1. The van der Waals surface area contributed by atoms with E-state index in [1.807, 2.05) is 6.92 Å². The van der Waals surface area contributed by atoms with E-state index in [9.17, 15) is 9.59 Å². The highest BCUT2D eigenvalue weighted by Crippen LogP contribution is 2.14. The van der Waals surface area contributed by atoms with Crippen molar-refractivity contribution in [3.63, 3.8) is 0 Å². The van der Waals surface area contributed by atoms with Gasteiger partial charge in [-0.15, -0.1) is 11.3 Å². The number of amides is 2. The van der Waals surface area contributed by atoms with E-state index in [0.29, 0.717) is 18.1 Å². The van der Waals surface area contributed by atoms with Crippen LogP contribution in [0.1, 0.15) is 32.4 Å². The summed E-state index contributed by atoms with van der Waals surface area (Å²) >= 11 is 1.48. The number of carbonyl (C=O) groups is 2. The van der Waals surface area contributed by atoms with Gasteiger partial charge in [0.25, 0.3) is 0 Å². The van der Waals surface area contributed by atoms with Gasteiger partial charge in [-0.2, -0.15) is 0 Å². The van der Waals surface area contributed by atoms with Crippen molar-refractivity contribution in [2.75, 3.05) is 0 Å². The van der Waals surface area contributed by atoms with Gasteiger partial charge >= 0.3 is 12.0 Å². The van der Waals surface area contributed by atoms with Crippen LogP contribution in [0, 0.1) is 13.8 Å².